The third-order valence-electron chi connectivity index (χ3n) is 2.95. The molecule has 0 unspecified atom stereocenters. The number of hydrogen-bond donors (Lipinski definition) is 1. The fourth-order valence-corrected chi connectivity index (χ4v) is 2.14. The number of rotatable bonds is 6. The molecule has 0 saturated carbocycles. The summed E-state index contributed by atoms with van der Waals surface area (Å²) in [4.78, 5) is 8.88. The first-order valence-corrected chi connectivity index (χ1v) is 7.85. The largest absolute Gasteiger partial charge is 0.486 e. The van der Waals surface area contributed by atoms with Crippen LogP contribution in [0.3, 0.4) is 0 Å². The number of hydrogen-bond acceptors (Lipinski definition) is 4. The molecule has 2 rings (SSSR count). The highest BCUT2D eigenvalue weighted by molar-refractivity contribution is 9.10. The smallest absolute Gasteiger partial charge is 0.168 e. The molecular weight excluding hydrogens is 330 g/mol. The van der Waals surface area contributed by atoms with Crippen LogP contribution in [0.4, 0.5) is 5.82 Å². The third-order valence-corrected chi connectivity index (χ3v) is 3.84. The number of aryl methyl sites for hydroxylation is 2. The molecule has 0 saturated heterocycles. The Morgan fingerprint density at radius 3 is 2.71 bits per heavy atom. The van der Waals surface area contributed by atoms with E-state index in [0.29, 0.717) is 12.4 Å². The molecule has 0 fully saturated rings. The van der Waals surface area contributed by atoms with E-state index in [2.05, 4.69) is 38.1 Å². The molecule has 2 aromatic rings. The zero-order chi connectivity index (χ0) is 15.2. The second-order valence-corrected chi connectivity index (χ2v) is 5.79. The Morgan fingerprint density at radius 1 is 1.19 bits per heavy atom. The van der Waals surface area contributed by atoms with Crippen LogP contribution >= 0.6 is 15.9 Å². The van der Waals surface area contributed by atoms with Gasteiger partial charge >= 0.3 is 0 Å². The van der Waals surface area contributed by atoms with Crippen molar-refractivity contribution in [2.45, 2.75) is 33.8 Å². The minimum absolute atomic E-state index is 0.365. The maximum Gasteiger partial charge on any atom is 0.168 e. The summed E-state index contributed by atoms with van der Waals surface area (Å²) in [5, 5.41) is 3.28. The molecule has 1 heterocycles. The Hall–Kier alpha value is -1.62. The van der Waals surface area contributed by atoms with Gasteiger partial charge in [0.1, 0.15) is 18.2 Å². The number of nitrogens with zero attached hydrogens (tertiary/aromatic N) is 2. The lowest BCUT2D eigenvalue weighted by Crippen LogP contribution is -2.08. The van der Waals surface area contributed by atoms with Crippen molar-refractivity contribution in [2.75, 3.05) is 11.9 Å². The number of benzene rings is 1. The summed E-state index contributed by atoms with van der Waals surface area (Å²) >= 11 is 3.48. The maximum atomic E-state index is 5.77. The van der Waals surface area contributed by atoms with Crippen LogP contribution in [0.15, 0.2) is 28.7 Å². The van der Waals surface area contributed by atoms with Crippen LogP contribution in [0.5, 0.6) is 5.75 Å². The number of nitrogens with one attached hydrogen (secondary N) is 1. The number of aromatic nitrogens is 2. The fourth-order valence-electron chi connectivity index (χ4n) is 1.89. The maximum absolute atomic E-state index is 5.77. The number of halogens is 1. The summed E-state index contributed by atoms with van der Waals surface area (Å²) in [5.74, 6) is 2.37. The van der Waals surface area contributed by atoms with Gasteiger partial charge in [0, 0.05) is 22.8 Å². The molecule has 0 radical (unpaired) electrons. The molecule has 0 spiro atoms. The van der Waals surface area contributed by atoms with Gasteiger partial charge in [0.2, 0.25) is 0 Å². The topological polar surface area (TPSA) is 47.0 Å². The quantitative estimate of drug-likeness (QED) is 0.846. The van der Waals surface area contributed by atoms with Crippen LogP contribution < -0.4 is 10.1 Å². The molecule has 0 aliphatic carbocycles. The van der Waals surface area contributed by atoms with Crippen LogP contribution in [0, 0.1) is 13.8 Å². The lowest BCUT2D eigenvalue weighted by molar-refractivity contribution is 0.295. The van der Waals surface area contributed by atoms with Crippen molar-refractivity contribution in [2.24, 2.45) is 0 Å². The summed E-state index contributed by atoms with van der Waals surface area (Å²) in [7, 11) is 0. The van der Waals surface area contributed by atoms with Gasteiger partial charge in [-0.15, -0.1) is 0 Å². The van der Waals surface area contributed by atoms with E-state index in [0.717, 1.165) is 40.3 Å². The van der Waals surface area contributed by atoms with E-state index in [4.69, 9.17) is 4.74 Å². The van der Waals surface area contributed by atoms with Crippen molar-refractivity contribution < 1.29 is 4.74 Å². The highest BCUT2D eigenvalue weighted by atomic mass is 79.9. The van der Waals surface area contributed by atoms with Gasteiger partial charge in [0.15, 0.2) is 5.82 Å². The number of ether oxygens (including phenoxy) is 1. The first-order valence-electron chi connectivity index (χ1n) is 7.06. The molecule has 0 aliphatic heterocycles. The summed E-state index contributed by atoms with van der Waals surface area (Å²) in [6, 6.07) is 7.86. The molecule has 5 heteroatoms. The summed E-state index contributed by atoms with van der Waals surface area (Å²) < 4.78 is 6.85. The van der Waals surface area contributed by atoms with Gasteiger partial charge in [0.05, 0.1) is 0 Å². The van der Waals surface area contributed by atoms with E-state index in [9.17, 15) is 0 Å². The monoisotopic (exact) mass is 349 g/mol. The summed E-state index contributed by atoms with van der Waals surface area (Å²) in [5.41, 5.74) is 2.08. The Labute approximate surface area is 134 Å². The standard InChI is InChI=1S/C16H20BrN3O/c1-4-7-18-15-9-12(3)19-16(20-15)10-21-13-5-6-14(17)11(2)8-13/h5-6,8-9H,4,7,10H2,1-3H3,(H,18,19,20). The van der Waals surface area contributed by atoms with Crippen LogP contribution in [-0.2, 0) is 6.61 Å². The van der Waals surface area contributed by atoms with Crippen LogP contribution in [-0.4, -0.2) is 16.5 Å². The molecule has 0 atom stereocenters. The van der Waals surface area contributed by atoms with E-state index < -0.39 is 0 Å². The van der Waals surface area contributed by atoms with E-state index in [1.807, 2.05) is 38.1 Å². The Kier molecular flexibility index (Phi) is 5.56. The van der Waals surface area contributed by atoms with E-state index >= 15 is 0 Å². The zero-order valence-electron chi connectivity index (χ0n) is 12.6. The van der Waals surface area contributed by atoms with Gasteiger partial charge in [-0.2, -0.15) is 0 Å². The lowest BCUT2D eigenvalue weighted by atomic mass is 10.2. The normalized spacial score (nSPS) is 10.5. The van der Waals surface area contributed by atoms with Gasteiger partial charge in [-0.1, -0.05) is 22.9 Å². The van der Waals surface area contributed by atoms with Gasteiger partial charge in [-0.3, -0.25) is 0 Å². The van der Waals surface area contributed by atoms with Crippen molar-refractivity contribution in [1.29, 1.82) is 0 Å². The minimum Gasteiger partial charge on any atom is -0.486 e. The molecule has 1 aromatic carbocycles. The predicted octanol–water partition coefficient (Wildman–Crippen LogP) is 4.26. The Morgan fingerprint density at radius 2 is 2.00 bits per heavy atom. The average molecular weight is 350 g/mol. The average Bonchev–Trinajstić information content (AvgIpc) is 2.46. The molecule has 1 N–H and O–H groups in total. The third kappa shape index (κ3) is 4.70. The minimum atomic E-state index is 0.365. The highest BCUT2D eigenvalue weighted by Gasteiger charge is 2.04. The zero-order valence-corrected chi connectivity index (χ0v) is 14.2. The molecular formula is C16H20BrN3O. The van der Waals surface area contributed by atoms with E-state index in [1.165, 1.54) is 0 Å². The lowest BCUT2D eigenvalue weighted by Gasteiger charge is -2.10. The first-order chi connectivity index (χ1) is 10.1. The molecule has 112 valence electrons. The van der Waals surface area contributed by atoms with E-state index in [1.54, 1.807) is 0 Å². The molecule has 4 nitrogen and oxygen atoms in total. The molecule has 0 bridgehead atoms. The van der Waals surface area contributed by atoms with Crippen molar-refractivity contribution in [3.63, 3.8) is 0 Å². The molecule has 0 aliphatic rings. The SMILES string of the molecule is CCCNc1cc(C)nc(COc2ccc(Br)c(C)c2)n1. The summed E-state index contributed by atoms with van der Waals surface area (Å²) in [6.45, 7) is 7.39. The van der Waals surface area contributed by atoms with Crippen molar-refractivity contribution >= 4 is 21.7 Å². The molecule has 0 amide bonds. The molecule has 1 aromatic heterocycles. The molecule has 21 heavy (non-hydrogen) atoms. The van der Waals surface area contributed by atoms with Gasteiger partial charge in [-0.05, 0) is 44.0 Å². The van der Waals surface area contributed by atoms with Crippen molar-refractivity contribution in [3.05, 3.63) is 45.8 Å². The second-order valence-electron chi connectivity index (χ2n) is 4.94. The van der Waals surface area contributed by atoms with Crippen LogP contribution in [0.2, 0.25) is 0 Å². The second kappa shape index (κ2) is 7.41. The predicted molar refractivity (Wildman–Crippen MR) is 88.8 cm³/mol. The van der Waals surface area contributed by atoms with Crippen molar-refractivity contribution in [1.82, 2.24) is 9.97 Å². The number of anilines is 1. The fraction of sp³-hybridized carbons (Fsp3) is 0.375. The van der Waals surface area contributed by atoms with Gasteiger partial charge < -0.3 is 10.1 Å². The first kappa shape index (κ1) is 15.8. The van der Waals surface area contributed by atoms with Gasteiger partial charge in [0.25, 0.3) is 0 Å². The van der Waals surface area contributed by atoms with Crippen LogP contribution in [0.1, 0.15) is 30.4 Å². The van der Waals surface area contributed by atoms with Crippen molar-refractivity contribution in [3.8, 4) is 5.75 Å². The Balaban J connectivity index is 2.05. The Bertz CT molecular complexity index is 616. The van der Waals surface area contributed by atoms with Gasteiger partial charge in [-0.25, -0.2) is 9.97 Å². The van der Waals surface area contributed by atoms with Crippen LogP contribution in [0.25, 0.3) is 0 Å². The van der Waals surface area contributed by atoms with E-state index in [-0.39, 0.29) is 0 Å². The summed E-state index contributed by atoms with van der Waals surface area (Å²) in [6.07, 6.45) is 1.06. The highest BCUT2D eigenvalue weighted by Crippen LogP contribution is 2.22.